The summed E-state index contributed by atoms with van der Waals surface area (Å²) < 4.78 is 18.0. The highest BCUT2D eigenvalue weighted by Crippen LogP contribution is 2.43. The van der Waals surface area contributed by atoms with Crippen LogP contribution in [0.1, 0.15) is 67.7 Å². The molecule has 3 N–H and O–H groups in total. The predicted molar refractivity (Wildman–Crippen MR) is 154 cm³/mol. The van der Waals surface area contributed by atoms with E-state index in [1.807, 2.05) is 13.0 Å². The molecule has 3 unspecified atom stereocenters. The van der Waals surface area contributed by atoms with Crippen LogP contribution in [0.3, 0.4) is 0 Å². The summed E-state index contributed by atoms with van der Waals surface area (Å²) in [5.41, 5.74) is 1.29. The molecule has 4 amide bonds. The van der Waals surface area contributed by atoms with Crippen LogP contribution in [-0.4, -0.2) is 50.6 Å². The van der Waals surface area contributed by atoms with E-state index in [1.54, 1.807) is 38.1 Å². The largest absolute Gasteiger partial charge is 0.359 e. The Hall–Kier alpha value is -3.70. The van der Waals surface area contributed by atoms with Gasteiger partial charge < -0.3 is 20.1 Å². The first-order valence-electron chi connectivity index (χ1n) is 13.0. The Kier molecular flexibility index (Phi) is 9.18. The third-order valence-corrected chi connectivity index (χ3v) is 9.22. The van der Waals surface area contributed by atoms with Gasteiger partial charge in [-0.1, -0.05) is 56.3 Å². The van der Waals surface area contributed by atoms with Crippen molar-refractivity contribution in [2.24, 2.45) is 0 Å². The minimum Gasteiger partial charge on any atom is -0.322 e. The molecule has 3 aromatic rings. The second-order valence-electron chi connectivity index (χ2n) is 9.75. The van der Waals surface area contributed by atoms with Gasteiger partial charge in [0.25, 0.3) is 5.91 Å². The normalized spacial score (nSPS) is 18.8. The number of hydrogen-bond acceptors (Lipinski definition) is 8. The second-order valence-corrected chi connectivity index (χ2v) is 12.4. The van der Waals surface area contributed by atoms with Gasteiger partial charge in [-0.15, -0.1) is 11.3 Å². The number of Topliss-reactive ketones (excluding diaryl/α,β-unsaturated/α-hetero) is 1. The van der Waals surface area contributed by atoms with Crippen molar-refractivity contribution in [3.63, 3.8) is 0 Å². The number of rotatable bonds is 11. The number of carbonyl (C=O) groups is 4. The maximum absolute atomic E-state index is 13.7. The van der Waals surface area contributed by atoms with Crippen LogP contribution in [0.2, 0.25) is 0 Å². The van der Waals surface area contributed by atoms with Crippen molar-refractivity contribution in [1.82, 2.24) is 15.2 Å². The summed E-state index contributed by atoms with van der Waals surface area (Å²) in [4.78, 5) is 67.6. The topological polar surface area (TPSA) is 155 Å². The van der Waals surface area contributed by atoms with E-state index in [0.717, 1.165) is 21.8 Å². The quantitative estimate of drug-likeness (QED) is 0.167. The van der Waals surface area contributed by atoms with Gasteiger partial charge in [0, 0.05) is 18.2 Å². The van der Waals surface area contributed by atoms with Crippen LogP contribution in [0.4, 0.5) is 9.93 Å². The van der Waals surface area contributed by atoms with Gasteiger partial charge in [-0.05, 0) is 36.6 Å². The average Bonchev–Trinajstić information content (AvgIpc) is 3.53. The number of anilines is 1. The third-order valence-electron chi connectivity index (χ3n) is 6.86. The molecule has 5 atom stereocenters. The molecule has 2 heterocycles. The highest BCUT2D eigenvalue weighted by Gasteiger charge is 2.47. The standard InChI is InChI=1S/C28H31N4O7PS/c1-5-16(2)39-40(37,38)21-13-11-20(12-14-21)23-26(35)32(28(36)30-23)24(17(3)19-9-7-6-8-10-19)25(34)31-27-29-22(15-41-27)18(4)33/h6-17,23-24H,5H2,1-4H3,(H,30,36)(H,37,38)(H,29,31,34)/t16?,17-,23?,24-/m0/s1. The first-order chi connectivity index (χ1) is 19.4. The number of amides is 4. The number of ketones is 1. The molecule has 4 rings (SSSR count). The molecule has 1 aromatic heterocycles. The molecule has 0 aliphatic carbocycles. The molecule has 13 heteroatoms. The number of thiazole rings is 1. The second kappa shape index (κ2) is 12.4. The van der Waals surface area contributed by atoms with E-state index in [4.69, 9.17) is 4.52 Å². The van der Waals surface area contributed by atoms with Gasteiger partial charge >= 0.3 is 13.6 Å². The Bertz CT molecular complexity index is 1490. The van der Waals surface area contributed by atoms with Crippen molar-refractivity contribution in [2.75, 3.05) is 5.32 Å². The van der Waals surface area contributed by atoms with Crippen LogP contribution in [0.15, 0.2) is 60.0 Å². The molecule has 1 saturated heterocycles. The van der Waals surface area contributed by atoms with E-state index < -0.39 is 49.5 Å². The van der Waals surface area contributed by atoms with Crippen LogP contribution in [0.5, 0.6) is 0 Å². The fourth-order valence-electron chi connectivity index (χ4n) is 4.40. The van der Waals surface area contributed by atoms with Crippen molar-refractivity contribution in [2.45, 2.75) is 58.2 Å². The lowest BCUT2D eigenvalue weighted by atomic mass is 9.91. The SMILES string of the molecule is CCC(C)OP(=O)(O)c1ccc(C2NC(=O)N([C@H](C(=O)Nc3nc(C(C)=O)cs3)[C@@H](C)c3ccccc3)C2=O)cc1. The molecule has 0 bridgehead atoms. The van der Waals surface area contributed by atoms with E-state index >= 15 is 0 Å². The van der Waals surface area contributed by atoms with Gasteiger partial charge in [-0.3, -0.25) is 18.9 Å². The molecule has 1 aliphatic heterocycles. The summed E-state index contributed by atoms with van der Waals surface area (Å²) in [6.45, 7) is 6.62. The number of aromatic nitrogens is 1. The Morgan fingerprint density at radius 1 is 1.15 bits per heavy atom. The van der Waals surface area contributed by atoms with Crippen molar-refractivity contribution >= 4 is 53.0 Å². The van der Waals surface area contributed by atoms with E-state index in [9.17, 15) is 28.6 Å². The first-order valence-corrected chi connectivity index (χ1v) is 15.5. The summed E-state index contributed by atoms with van der Waals surface area (Å²) in [7, 11) is -4.08. The zero-order chi connectivity index (χ0) is 29.9. The monoisotopic (exact) mass is 598 g/mol. The molecule has 0 spiro atoms. The summed E-state index contributed by atoms with van der Waals surface area (Å²) in [6.07, 6.45) is 0.125. The molecule has 1 fully saturated rings. The summed E-state index contributed by atoms with van der Waals surface area (Å²) in [5, 5.41) is 7.02. The number of urea groups is 1. The lowest BCUT2D eigenvalue weighted by Crippen LogP contribution is -2.50. The lowest BCUT2D eigenvalue weighted by Gasteiger charge is -2.29. The predicted octanol–water partition coefficient (Wildman–Crippen LogP) is 4.38. The van der Waals surface area contributed by atoms with Gasteiger partial charge in [-0.25, -0.2) is 14.7 Å². The highest BCUT2D eigenvalue weighted by atomic mass is 32.1. The summed E-state index contributed by atoms with van der Waals surface area (Å²) in [6, 6.07) is 11.6. The minimum absolute atomic E-state index is 0.0542. The minimum atomic E-state index is -4.08. The molecule has 216 valence electrons. The molecular formula is C28H31N4O7PS. The maximum atomic E-state index is 13.7. The highest BCUT2D eigenvalue weighted by molar-refractivity contribution is 7.61. The van der Waals surface area contributed by atoms with Crippen molar-refractivity contribution < 1.29 is 33.2 Å². The van der Waals surface area contributed by atoms with E-state index in [0.29, 0.717) is 12.0 Å². The number of nitrogens with one attached hydrogen (secondary N) is 2. The number of imide groups is 1. The first kappa shape index (κ1) is 30.3. The molecule has 0 radical (unpaired) electrons. The van der Waals surface area contributed by atoms with Crippen LogP contribution in [-0.2, 0) is 18.7 Å². The lowest BCUT2D eigenvalue weighted by molar-refractivity contribution is -0.134. The van der Waals surface area contributed by atoms with Crippen LogP contribution >= 0.6 is 18.9 Å². The Morgan fingerprint density at radius 3 is 2.39 bits per heavy atom. The van der Waals surface area contributed by atoms with Crippen molar-refractivity contribution in [3.8, 4) is 0 Å². The van der Waals surface area contributed by atoms with Crippen LogP contribution in [0.25, 0.3) is 0 Å². The Morgan fingerprint density at radius 2 is 1.80 bits per heavy atom. The smallest absolute Gasteiger partial charge is 0.322 e. The van der Waals surface area contributed by atoms with E-state index in [-0.39, 0.29) is 21.9 Å². The molecule has 2 aromatic carbocycles. The maximum Gasteiger partial charge on any atom is 0.359 e. The molecular weight excluding hydrogens is 567 g/mol. The molecule has 0 saturated carbocycles. The van der Waals surface area contributed by atoms with Gasteiger partial charge in [-0.2, -0.15) is 0 Å². The summed E-state index contributed by atoms with van der Waals surface area (Å²) >= 11 is 1.06. The van der Waals surface area contributed by atoms with Gasteiger partial charge in [0.15, 0.2) is 10.9 Å². The van der Waals surface area contributed by atoms with E-state index in [2.05, 4.69) is 15.6 Å². The zero-order valence-corrected chi connectivity index (χ0v) is 24.6. The fraction of sp³-hybridized carbons (Fsp3) is 0.321. The number of carbonyl (C=O) groups excluding carboxylic acids is 4. The summed E-state index contributed by atoms with van der Waals surface area (Å²) in [5.74, 6) is -2.16. The number of nitrogens with zero attached hydrogens (tertiary/aromatic N) is 2. The fourth-order valence-corrected chi connectivity index (χ4v) is 6.43. The van der Waals surface area contributed by atoms with Gasteiger partial charge in [0.05, 0.1) is 11.4 Å². The zero-order valence-electron chi connectivity index (χ0n) is 22.9. The van der Waals surface area contributed by atoms with Gasteiger partial charge in [0.1, 0.15) is 17.8 Å². The van der Waals surface area contributed by atoms with Crippen molar-refractivity contribution in [3.05, 3.63) is 76.8 Å². The third kappa shape index (κ3) is 6.62. The number of hydrogen-bond donors (Lipinski definition) is 3. The van der Waals surface area contributed by atoms with Crippen LogP contribution < -0.4 is 15.9 Å². The number of benzene rings is 2. The van der Waals surface area contributed by atoms with Crippen molar-refractivity contribution in [1.29, 1.82) is 0 Å². The molecule has 41 heavy (non-hydrogen) atoms. The molecule has 1 aliphatic rings. The van der Waals surface area contributed by atoms with E-state index in [1.165, 1.54) is 36.6 Å². The van der Waals surface area contributed by atoms with Gasteiger partial charge in [0.2, 0.25) is 5.91 Å². The Labute approximate surface area is 241 Å². The molecule has 11 nitrogen and oxygen atoms in total. The Balaban J connectivity index is 1.62. The van der Waals surface area contributed by atoms with Crippen LogP contribution in [0, 0.1) is 0 Å². The average molecular weight is 599 g/mol.